The number of alkyl halides is 1. The van der Waals surface area contributed by atoms with Crippen molar-refractivity contribution >= 4 is 39.6 Å². The van der Waals surface area contributed by atoms with E-state index in [1.54, 1.807) is 16.7 Å². The smallest absolute Gasteiger partial charge is 0.356 e. The molecular weight excluding hydrogens is 426 g/mol. The van der Waals surface area contributed by atoms with Crippen molar-refractivity contribution in [1.82, 2.24) is 4.90 Å². The van der Waals surface area contributed by atoms with Crippen LogP contribution >= 0.6 is 27.7 Å². The van der Waals surface area contributed by atoms with Gasteiger partial charge in [-0.2, -0.15) is 0 Å². The molecule has 27 heavy (non-hydrogen) atoms. The van der Waals surface area contributed by atoms with E-state index < -0.39 is 12.1 Å². The summed E-state index contributed by atoms with van der Waals surface area (Å²) in [7, 11) is 0. The quantitative estimate of drug-likeness (QED) is 0.402. The fraction of sp³-hybridized carbons (Fsp3) is 0.238. The van der Waals surface area contributed by atoms with Crippen LogP contribution in [0.1, 0.15) is 24.2 Å². The zero-order chi connectivity index (χ0) is 19.0. The summed E-state index contributed by atoms with van der Waals surface area (Å²) < 4.78 is 5.95. The summed E-state index contributed by atoms with van der Waals surface area (Å²) in [6.07, 6.45) is -0.524. The monoisotopic (exact) mass is 443 g/mol. The number of thioether (sulfide) groups is 1. The van der Waals surface area contributed by atoms with Gasteiger partial charge in [0.1, 0.15) is 15.9 Å². The molecule has 0 unspecified atom stereocenters. The molecule has 2 atom stereocenters. The summed E-state index contributed by atoms with van der Waals surface area (Å²) in [6.45, 7) is 1.88. The van der Waals surface area contributed by atoms with E-state index in [2.05, 4.69) is 15.9 Å². The maximum Gasteiger partial charge on any atom is 0.356 e. The van der Waals surface area contributed by atoms with Crippen LogP contribution < -0.4 is 0 Å². The number of amides is 1. The molecule has 138 valence electrons. The number of β-lactam (4-membered cyclic amide) rings is 1. The van der Waals surface area contributed by atoms with E-state index in [-0.39, 0.29) is 16.1 Å². The Hall–Kier alpha value is -2.05. The van der Waals surface area contributed by atoms with Gasteiger partial charge < -0.3 is 4.74 Å². The maximum absolute atomic E-state index is 13.1. The first-order valence-corrected chi connectivity index (χ1v) is 10.6. The molecule has 0 saturated carbocycles. The third kappa shape index (κ3) is 3.32. The molecule has 0 bridgehead atoms. The number of ether oxygens (including phenoxy) is 1. The molecule has 1 amide bonds. The number of hydrogen-bond acceptors (Lipinski definition) is 4. The fourth-order valence-electron chi connectivity index (χ4n) is 3.33. The Morgan fingerprint density at radius 3 is 2.22 bits per heavy atom. The second-order valence-electron chi connectivity index (χ2n) is 6.55. The van der Waals surface area contributed by atoms with Crippen molar-refractivity contribution in [1.29, 1.82) is 0 Å². The zero-order valence-electron chi connectivity index (χ0n) is 14.7. The van der Waals surface area contributed by atoms with E-state index in [4.69, 9.17) is 4.74 Å². The van der Waals surface area contributed by atoms with Gasteiger partial charge in [0.2, 0.25) is 5.91 Å². The molecule has 1 fully saturated rings. The van der Waals surface area contributed by atoms with Gasteiger partial charge in [0.25, 0.3) is 0 Å². The number of rotatable bonds is 4. The van der Waals surface area contributed by atoms with E-state index >= 15 is 0 Å². The molecule has 4 rings (SSSR count). The van der Waals surface area contributed by atoms with Crippen LogP contribution in [0.2, 0.25) is 0 Å². The lowest BCUT2D eigenvalue weighted by Gasteiger charge is -2.47. The average Bonchev–Trinajstić information content (AvgIpc) is 2.72. The number of hydrogen-bond donors (Lipinski definition) is 0. The van der Waals surface area contributed by atoms with Crippen LogP contribution in [-0.4, -0.2) is 32.7 Å². The molecule has 2 aromatic carbocycles. The Morgan fingerprint density at radius 1 is 1.11 bits per heavy atom. The van der Waals surface area contributed by atoms with Gasteiger partial charge in [0.05, 0.1) is 0 Å². The van der Waals surface area contributed by atoms with Crippen molar-refractivity contribution in [3.8, 4) is 0 Å². The van der Waals surface area contributed by atoms with E-state index in [1.807, 2.05) is 67.6 Å². The third-order valence-corrected chi connectivity index (χ3v) is 7.38. The van der Waals surface area contributed by atoms with Crippen molar-refractivity contribution in [3.05, 3.63) is 83.1 Å². The Kier molecular flexibility index (Phi) is 5.10. The number of carbonyl (C=O) groups excluding carboxylic acids is 2. The van der Waals surface area contributed by atoms with Crippen LogP contribution in [0.4, 0.5) is 0 Å². The molecule has 6 heteroatoms. The number of fused-ring (bicyclic) bond motifs is 1. The highest BCUT2D eigenvalue weighted by atomic mass is 79.9. The lowest BCUT2D eigenvalue weighted by molar-refractivity contribution is -0.151. The molecule has 2 aromatic rings. The standard InChI is InChI=1S/C21H18BrNO3S/c1-13-12-27-20-16(22)19(24)23(20)17(13)21(25)26-18(14-8-4-2-5-9-14)15-10-6-3-7-11-15/h2-11,16,18,20H,12H2,1H3/t16-,20+/m0/s1. The summed E-state index contributed by atoms with van der Waals surface area (Å²) in [6, 6.07) is 19.3. The van der Waals surface area contributed by atoms with Gasteiger partial charge in [-0.1, -0.05) is 76.6 Å². The Labute approximate surface area is 170 Å². The highest BCUT2D eigenvalue weighted by Crippen LogP contribution is 2.44. The molecule has 0 radical (unpaired) electrons. The van der Waals surface area contributed by atoms with Crippen LogP contribution in [0.15, 0.2) is 71.9 Å². The molecule has 0 aliphatic carbocycles. The highest BCUT2D eigenvalue weighted by molar-refractivity contribution is 9.10. The molecule has 0 N–H and O–H groups in total. The average molecular weight is 444 g/mol. The van der Waals surface area contributed by atoms with E-state index in [1.165, 1.54) is 0 Å². The molecule has 2 aliphatic rings. The molecule has 2 heterocycles. The minimum Gasteiger partial charge on any atom is -0.448 e. The van der Waals surface area contributed by atoms with Gasteiger partial charge in [-0.3, -0.25) is 9.69 Å². The molecule has 0 spiro atoms. The van der Waals surface area contributed by atoms with Gasteiger partial charge in [-0.05, 0) is 23.6 Å². The van der Waals surface area contributed by atoms with Crippen LogP contribution in [0.25, 0.3) is 0 Å². The van der Waals surface area contributed by atoms with Gasteiger partial charge in [-0.15, -0.1) is 11.8 Å². The minimum absolute atomic E-state index is 0.0457. The minimum atomic E-state index is -0.524. The van der Waals surface area contributed by atoms with E-state index in [0.29, 0.717) is 11.4 Å². The van der Waals surface area contributed by atoms with Crippen LogP contribution in [-0.2, 0) is 14.3 Å². The summed E-state index contributed by atoms with van der Waals surface area (Å²) >= 11 is 5.06. The van der Waals surface area contributed by atoms with Crippen molar-refractivity contribution in [2.24, 2.45) is 0 Å². The molecule has 1 saturated heterocycles. The predicted octanol–water partition coefficient (Wildman–Crippen LogP) is 4.27. The first-order chi connectivity index (χ1) is 13.1. The summed E-state index contributed by atoms with van der Waals surface area (Å²) in [5.41, 5.74) is 3.04. The SMILES string of the molecule is CC1=C(C(=O)OC(c2ccccc2)c2ccccc2)N2C(=O)[C@H](Br)[C@H]2SC1. The lowest BCUT2D eigenvalue weighted by Crippen LogP contribution is -2.62. The second kappa shape index (κ2) is 7.52. The topological polar surface area (TPSA) is 46.6 Å². The number of nitrogens with zero attached hydrogens (tertiary/aromatic N) is 1. The van der Waals surface area contributed by atoms with Crippen LogP contribution in [0, 0.1) is 0 Å². The summed E-state index contributed by atoms with van der Waals surface area (Å²) in [5.74, 6) is 0.167. The third-order valence-electron chi connectivity index (χ3n) is 4.72. The van der Waals surface area contributed by atoms with Crippen LogP contribution in [0.5, 0.6) is 0 Å². The molecule has 2 aliphatic heterocycles. The summed E-state index contributed by atoms with van der Waals surface area (Å²) in [5, 5.41) is -0.0457. The van der Waals surface area contributed by atoms with Gasteiger partial charge >= 0.3 is 5.97 Å². The zero-order valence-corrected chi connectivity index (χ0v) is 17.1. The van der Waals surface area contributed by atoms with E-state index in [9.17, 15) is 9.59 Å². The van der Waals surface area contributed by atoms with Gasteiger partial charge in [0, 0.05) is 5.75 Å². The fourth-order valence-corrected chi connectivity index (χ4v) is 5.45. The van der Waals surface area contributed by atoms with Crippen molar-refractivity contribution in [3.63, 3.8) is 0 Å². The number of benzene rings is 2. The first-order valence-electron chi connectivity index (χ1n) is 8.67. The first kappa shape index (κ1) is 18.3. The maximum atomic E-state index is 13.1. The largest absolute Gasteiger partial charge is 0.448 e. The normalized spacial score (nSPS) is 21.7. The summed E-state index contributed by atoms with van der Waals surface area (Å²) in [4.78, 5) is 26.7. The Bertz CT molecular complexity index is 861. The molecular formula is C21H18BrNO3S. The van der Waals surface area contributed by atoms with Crippen molar-refractivity contribution in [2.45, 2.75) is 23.2 Å². The van der Waals surface area contributed by atoms with Crippen LogP contribution in [0.3, 0.4) is 0 Å². The van der Waals surface area contributed by atoms with Gasteiger partial charge in [-0.25, -0.2) is 4.79 Å². The van der Waals surface area contributed by atoms with E-state index in [0.717, 1.165) is 16.7 Å². The lowest BCUT2D eigenvalue weighted by atomic mass is 10.0. The number of halogens is 1. The van der Waals surface area contributed by atoms with Crippen molar-refractivity contribution in [2.75, 3.05) is 5.75 Å². The predicted molar refractivity (Wildman–Crippen MR) is 109 cm³/mol. The molecule has 0 aromatic heterocycles. The Balaban J connectivity index is 1.65. The number of carbonyl (C=O) groups is 2. The Morgan fingerprint density at radius 2 is 1.67 bits per heavy atom. The molecule has 4 nitrogen and oxygen atoms in total. The second-order valence-corrected chi connectivity index (χ2v) is 8.64. The highest BCUT2D eigenvalue weighted by Gasteiger charge is 2.52. The number of esters is 1. The van der Waals surface area contributed by atoms with Gasteiger partial charge in [0.15, 0.2) is 6.10 Å². The van der Waals surface area contributed by atoms with Crippen molar-refractivity contribution < 1.29 is 14.3 Å².